The number of sulfonamides is 1. The normalized spacial score (nSPS) is 12.1. The number of hydrogen-bond donors (Lipinski definition) is 1. The zero-order valence-corrected chi connectivity index (χ0v) is 11.9. The maximum atomic E-state index is 13.6. The molecule has 1 rings (SSSR count). The van der Waals surface area contributed by atoms with Crippen LogP contribution >= 0.6 is 0 Å². The highest BCUT2D eigenvalue weighted by Crippen LogP contribution is 2.24. The van der Waals surface area contributed by atoms with Crippen molar-refractivity contribution in [3.63, 3.8) is 0 Å². The van der Waals surface area contributed by atoms with Crippen molar-refractivity contribution in [1.29, 1.82) is 0 Å². The third-order valence-corrected chi connectivity index (χ3v) is 4.65. The minimum atomic E-state index is -4.38. The second-order valence-corrected chi connectivity index (χ2v) is 6.12. The molecule has 0 bridgehead atoms. The van der Waals surface area contributed by atoms with Gasteiger partial charge in [-0.1, -0.05) is 13.3 Å². The predicted molar refractivity (Wildman–Crippen MR) is 69.0 cm³/mol. The molecule has 0 spiro atoms. The smallest absolute Gasteiger partial charge is 0.248 e. The molecule has 114 valence electrons. The SMILES string of the molecule is CCCCN(CCN)S(=O)(=O)c1c(F)cc(F)cc1F. The Hall–Kier alpha value is -1.12. The molecule has 0 aliphatic carbocycles. The first-order valence-electron chi connectivity index (χ1n) is 6.19. The van der Waals surface area contributed by atoms with Gasteiger partial charge in [0.2, 0.25) is 10.0 Å². The van der Waals surface area contributed by atoms with Crippen molar-refractivity contribution in [3.8, 4) is 0 Å². The Bertz CT molecular complexity index is 541. The van der Waals surface area contributed by atoms with Crippen LogP contribution in [0.4, 0.5) is 13.2 Å². The highest BCUT2D eigenvalue weighted by molar-refractivity contribution is 7.89. The first kappa shape index (κ1) is 16.9. The standard InChI is InChI=1S/C12H17F3N2O2S/c1-2-3-5-17(6-4-16)20(18,19)12-10(14)7-9(13)8-11(12)15/h7-8H,2-6,16H2,1H3. The molecule has 0 atom stereocenters. The third-order valence-electron chi connectivity index (χ3n) is 2.70. The third kappa shape index (κ3) is 3.71. The van der Waals surface area contributed by atoms with Gasteiger partial charge in [0.1, 0.15) is 17.5 Å². The van der Waals surface area contributed by atoms with E-state index in [0.29, 0.717) is 25.0 Å². The minimum absolute atomic E-state index is 0.0212. The van der Waals surface area contributed by atoms with Crippen molar-refractivity contribution in [2.45, 2.75) is 24.7 Å². The van der Waals surface area contributed by atoms with E-state index in [0.717, 1.165) is 4.31 Å². The Morgan fingerprint density at radius 1 is 1.15 bits per heavy atom. The van der Waals surface area contributed by atoms with Crippen LogP contribution in [0.25, 0.3) is 0 Å². The molecule has 0 heterocycles. The second-order valence-electron chi connectivity index (χ2n) is 4.24. The highest BCUT2D eigenvalue weighted by Gasteiger charge is 2.30. The maximum Gasteiger partial charge on any atom is 0.248 e. The van der Waals surface area contributed by atoms with E-state index in [1.807, 2.05) is 6.92 Å². The van der Waals surface area contributed by atoms with Crippen LogP contribution in [0.15, 0.2) is 17.0 Å². The Kier molecular flexibility index (Phi) is 5.97. The van der Waals surface area contributed by atoms with Crippen molar-refractivity contribution in [2.24, 2.45) is 5.73 Å². The Morgan fingerprint density at radius 3 is 2.15 bits per heavy atom. The lowest BCUT2D eigenvalue weighted by atomic mass is 10.3. The predicted octanol–water partition coefficient (Wildman–Crippen LogP) is 1.85. The largest absolute Gasteiger partial charge is 0.329 e. The van der Waals surface area contributed by atoms with E-state index in [2.05, 4.69) is 0 Å². The summed E-state index contributed by atoms with van der Waals surface area (Å²) in [5.74, 6) is -4.06. The molecule has 4 nitrogen and oxygen atoms in total. The minimum Gasteiger partial charge on any atom is -0.329 e. The monoisotopic (exact) mass is 310 g/mol. The molecule has 0 aliphatic heterocycles. The number of nitrogens with two attached hydrogens (primary N) is 1. The summed E-state index contributed by atoms with van der Waals surface area (Å²) in [6, 6.07) is 0.687. The number of rotatable bonds is 7. The van der Waals surface area contributed by atoms with E-state index in [1.54, 1.807) is 0 Å². The molecular formula is C12H17F3N2O2S. The molecule has 0 radical (unpaired) electrons. The van der Waals surface area contributed by atoms with Crippen LogP contribution < -0.4 is 5.73 Å². The summed E-state index contributed by atoms with van der Waals surface area (Å²) in [4.78, 5) is -1.14. The maximum absolute atomic E-state index is 13.6. The first-order valence-corrected chi connectivity index (χ1v) is 7.63. The lowest BCUT2D eigenvalue weighted by Gasteiger charge is -2.21. The first-order chi connectivity index (χ1) is 9.34. The lowest BCUT2D eigenvalue weighted by Crippen LogP contribution is -2.37. The quantitative estimate of drug-likeness (QED) is 0.836. The van der Waals surface area contributed by atoms with Gasteiger partial charge in [0.15, 0.2) is 4.90 Å². The van der Waals surface area contributed by atoms with Gasteiger partial charge in [-0.3, -0.25) is 0 Å². The van der Waals surface area contributed by atoms with Crippen LogP contribution in [0.5, 0.6) is 0 Å². The zero-order valence-electron chi connectivity index (χ0n) is 11.1. The summed E-state index contributed by atoms with van der Waals surface area (Å²) in [6.07, 6.45) is 1.24. The number of halogens is 3. The summed E-state index contributed by atoms with van der Waals surface area (Å²) in [5.41, 5.74) is 5.32. The van der Waals surface area contributed by atoms with Crippen molar-refractivity contribution in [3.05, 3.63) is 29.6 Å². The molecule has 8 heteroatoms. The van der Waals surface area contributed by atoms with Gasteiger partial charge in [0.05, 0.1) is 0 Å². The van der Waals surface area contributed by atoms with Gasteiger partial charge < -0.3 is 5.73 Å². The number of unbranched alkanes of at least 4 members (excludes halogenated alkanes) is 1. The van der Waals surface area contributed by atoms with Gasteiger partial charge in [-0.2, -0.15) is 4.31 Å². The lowest BCUT2D eigenvalue weighted by molar-refractivity contribution is 0.400. The molecule has 0 amide bonds. The molecule has 1 aromatic rings. The fourth-order valence-electron chi connectivity index (χ4n) is 1.74. The van der Waals surface area contributed by atoms with Crippen LogP contribution in [-0.2, 0) is 10.0 Å². The zero-order chi connectivity index (χ0) is 15.3. The summed E-state index contributed by atoms with van der Waals surface area (Å²) in [5, 5.41) is 0. The van der Waals surface area contributed by atoms with Gasteiger partial charge in [0.25, 0.3) is 0 Å². The Balaban J connectivity index is 3.26. The van der Waals surface area contributed by atoms with Crippen LogP contribution in [0.3, 0.4) is 0 Å². The van der Waals surface area contributed by atoms with E-state index in [-0.39, 0.29) is 19.6 Å². The number of hydrogen-bond acceptors (Lipinski definition) is 3. The molecule has 2 N–H and O–H groups in total. The van der Waals surface area contributed by atoms with Crippen LogP contribution in [0.2, 0.25) is 0 Å². The summed E-state index contributed by atoms with van der Waals surface area (Å²) in [6.45, 7) is 1.92. The number of benzene rings is 1. The molecule has 0 aromatic heterocycles. The van der Waals surface area contributed by atoms with E-state index < -0.39 is 32.4 Å². The summed E-state index contributed by atoms with van der Waals surface area (Å²) in [7, 11) is -4.38. The topological polar surface area (TPSA) is 63.4 Å². The highest BCUT2D eigenvalue weighted by atomic mass is 32.2. The van der Waals surface area contributed by atoms with Crippen LogP contribution in [-0.4, -0.2) is 32.4 Å². The van der Waals surface area contributed by atoms with Gasteiger partial charge in [0, 0.05) is 31.8 Å². The second kappa shape index (κ2) is 7.05. The molecular weight excluding hydrogens is 293 g/mol. The van der Waals surface area contributed by atoms with Gasteiger partial charge in [-0.15, -0.1) is 0 Å². The Labute approximate surface area is 116 Å². The van der Waals surface area contributed by atoms with E-state index in [4.69, 9.17) is 5.73 Å². The average Bonchev–Trinajstić information content (AvgIpc) is 2.32. The Morgan fingerprint density at radius 2 is 1.70 bits per heavy atom. The van der Waals surface area contributed by atoms with Gasteiger partial charge >= 0.3 is 0 Å². The fraction of sp³-hybridized carbons (Fsp3) is 0.500. The van der Waals surface area contributed by atoms with Crippen molar-refractivity contribution >= 4 is 10.0 Å². The van der Waals surface area contributed by atoms with E-state index in [9.17, 15) is 21.6 Å². The van der Waals surface area contributed by atoms with Crippen LogP contribution in [0, 0.1) is 17.5 Å². The molecule has 0 fully saturated rings. The van der Waals surface area contributed by atoms with Gasteiger partial charge in [-0.25, -0.2) is 21.6 Å². The molecule has 20 heavy (non-hydrogen) atoms. The molecule has 0 saturated carbocycles. The van der Waals surface area contributed by atoms with E-state index in [1.165, 1.54) is 0 Å². The molecule has 0 unspecified atom stereocenters. The van der Waals surface area contributed by atoms with Crippen molar-refractivity contribution < 1.29 is 21.6 Å². The summed E-state index contributed by atoms with van der Waals surface area (Å²) >= 11 is 0. The van der Waals surface area contributed by atoms with Crippen LogP contribution in [0.1, 0.15) is 19.8 Å². The van der Waals surface area contributed by atoms with E-state index >= 15 is 0 Å². The average molecular weight is 310 g/mol. The molecule has 1 aromatic carbocycles. The van der Waals surface area contributed by atoms with Crippen molar-refractivity contribution in [2.75, 3.05) is 19.6 Å². The van der Waals surface area contributed by atoms with Gasteiger partial charge in [-0.05, 0) is 6.42 Å². The fourth-order valence-corrected chi connectivity index (χ4v) is 3.32. The molecule has 0 saturated heterocycles. The van der Waals surface area contributed by atoms with Crippen molar-refractivity contribution in [1.82, 2.24) is 4.31 Å². The number of nitrogens with zero attached hydrogens (tertiary/aromatic N) is 1. The molecule has 0 aliphatic rings. The summed E-state index contributed by atoms with van der Waals surface area (Å²) < 4.78 is 65.5.